The number of benzene rings is 2. The highest BCUT2D eigenvalue weighted by atomic mass is 79.9. The molecule has 1 amide bonds. The Kier molecular flexibility index (Phi) is 4.83. The first-order valence-electron chi connectivity index (χ1n) is 6.05. The van der Waals surface area contributed by atoms with Crippen LogP contribution in [0.15, 0.2) is 51.4 Å². The molecular weight excluding hydrogens is 384 g/mol. The quantitative estimate of drug-likeness (QED) is 0.813. The number of halogens is 2. The Morgan fingerprint density at radius 3 is 2.55 bits per heavy atom. The van der Waals surface area contributed by atoms with Gasteiger partial charge in [0.05, 0.1) is 0 Å². The lowest BCUT2D eigenvalue weighted by Gasteiger charge is -2.19. The number of rotatable bonds is 4. The maximum atomic E-state index is 11.8. The van der Waals surface area contributed by atoms with Crippen molar-refractivity contribution in [3.63, 3.8) is 0 Å². The third-order valence-electron chi connectivity index (χ3n) is 2.89. The first-order valence-corrected chi connectivity index (χ1v) is 7.63. The Balaban J connectivity index is 2.34. The molecule has 0 aromatic heterocycles. The minimum Gasteiger partial charge on any atom is -0.370 e. The number of anilines is 1. The first kappa shape index (κ1) is 15.1. The lowest BCUT2D eigenvalue weighted by atomic mass is 10.0. The van der Waals surface area contributed by atoms with Crippen LogP contribution in [0.2, 0.25) is 0 Å². The maximum absolute atomic E-state index is 11.8. The first-order chi connectivity index (χ1) is 9.47. The van der Waals surface area contributed by atoms with Gasteiger partial charge in [0.15, 0.2) is 0 Å². The largest absolute Gasteiger partial charge is 0.370 e. The van der Waals surface area contributed by atoms with Crippen LogP contribution in [-0.2, 0) is 4.79 Å². The summed E-state index contributed by atoms with van der Waals surface area (Å²) >= 11 is 6.89. The molecular formula is C15H14Br2N2O. The van der Waals surface area contributed by atoms with E-state index in [0.29, 0.717) is 0 Å². The van der Waals surface area contributed by atoms with Crippen LogP contribution in [0.5, 0.6) is 0 Å². The Hall–Kier alpha value is -1.33. The lowest BCUT2D eigenvalue weighted by molar-refractivity contribution is -0.118. The molecule has 0 radical (unpaired) electrons. The molecule has 0 aliphatic carbocycles. The number of nitrogens with one attached hydrogen (secondary N) is 1. The summed E-state index contributed by atoms with van der Waals surface area (Å²) in [4.78, 5) is 11.8. The molecule has 2 rings (SSSR count). The third-order valence-corrected chi connectivity index (χ3v) is 4.07. The Morgan fingerprint density at radius 1 is 1.20 bits per heavy atom. The van der Waals surface area contributed by atoms with Gasteiger partial charge in [-0.3, -0.25) is 4.79 Å². The molecule has 3 N–H and O–H groups in total. The highest BCUT2D eigenvalue weighted by Crippen LogP contribution is 2.28. The van der Waals surface area contributed by atoms with Crippen molar-refractivity contribution in [2.45, 2.75) is 13.0 Å². The Bertz CT molecular complexity index is 644. The molecule has 20 heavy (non-hydrogen) atoms. The van der Waals surface area contributed by atoms with Crippen LogP contribution in [0.1, 0.15) is 17.2 Å². The zero-order valence-electron chi connectivity index (χ0n) is 10.9. The molecule has 1 atom stereocenters. The van der Waals surface area contributed by atoms with Gasteiger partial charge in [-0.1, -0.05) is 50.1 Å². The van der Waals surface area contributed by atoms with Gasteiger partial charge in [0, 0.05) is 14.6 Å². The van der Waals surface area contributed by atoms with Crippen LogP contribution < -0.4 is 11.1 Å². The number of nitrogens with two attached hydrogens (primary N) is 1. The zero-order chi connectivity index (χ0) is 14.7. The van der Waals surface area contributed by atoms with Gasteiger partial charge in [0.1, 0.15) is 6.04 Å². The Labute approximate surface area is 134 Å². The van der Waals surface area contributed by atoms with Gasteiger partial charge in [0.2, 0.25) is 5.91 Å². The number of hydrogen-bond acceptors (Lipinski definition) is 2. The van der Waals surface area contributed by atoms with E-state index in [1.807, 2.05) is 49.4 Å². The van der Waals surface area contributed by atoms with Crippen LogP contribution in [0.25, 0.3) is 0 Å². The zero-order valence-corrected chi connectivity index (χ0v) is 14.0. The standard InChI is InChI=1S/C15H14Br2N2O/c1-9-5-6-12(13(17)7-9)14(15(18)20)19-11-4-2-3-10(16)8-11/h2-8,14,19H,1H3,(H2,18,20). The van der Waals surface area contributed by atoms with Crippen molar-refractivity contribution in [2.24, 2.45) is 5.73 Å². The molecule has 2 aromatic rings. The van der Waals surface area contributed by atoms with Gasteiger partial charge in [-0.2, -0.15) is 0 Å². The predicted octanol–water partition coefficient (Wildman–Crippen LogP) is 4.16. The molecule has 0 saturated carbocycles. The number of carbonyl (C=O) groups excluding carboxylic acids is 1. The summed E-state index contributed by atoms with van der Waals surface area (Å²) < 4.78 is 1.80. The van der Waals surface area contributed by atoms with Crippen molar-refractivity contribution in [3.05, 3.63) is 62.5 Å². The number of hydrogen-bond donors (Lipinski definition) is 2. The molecule has 0 aliphatic rings. The summed E-state index contributed by atoms with van der Waals surface area (Å²) in [6, 6.07) is 12.9. The molecule has 2 aromatic carbocycles. The fraction of sp³-hybridized carbons (Fsp3) is 0.133. The number of aryl methyl sites for hydroxylation is 1. The molecule has 0 fully saturated rings. The summed E-state index contributed by atoms with van der Waals surface area (Å²) in [5, 5.41) is 3.16. The SMILES string of the molecule is Cc1ccc(C(Nc2cccc(Br)c2)C(N)=O)c(Br)c1. The smallest absolute Gasteiger partial charge is 0.244 e. The van der Waals surface area contributed by atoms with Gasteiger partial charge in [0.25, 0.3) is 0 Å². The van der Waals surface area contributed by atoms with Crippen molar-refractivity contribution in [1.82, 2.24) is 0 Å². The van der Waals surface area contributed by atoms with E-state index in [0.717, 1.165) is 25.8 Å². The second-order valence-corrected chi connectivity index (χ2v) is 6.29. The third kappa shape index (κ3) is 3.61. The van der Waals surface area contributed by atoms with Crippen molar-refractivity contribution >= 4 is 43.5 Å². The van der Waals surface area contributed by atoms with Crippen LogP contribution in [0.3, 0.4) is 0 Å². The van der Waals surface area contributed by atoms with E-state index in [1.54, 1.807) is 0 Å². The molecule has 104 valence electrons. The summed E-state index contributed by atoms with van der Waals surface area (Å²) in [7, 11) is 0. The van der Waals surface area contributed by atoms with Crippen LogP contribution in [-0.4, -0.2) is 5.91 Å². The summed E-state index contributed by atoms with van der Waals surface area (Å²) in [6.45, 7) is 2.00. The molecule has 0 heterocycles. The molecule has 1 unspecified atom stereocenters. The minimum atomic E-state index is -0.584. The number of carbonyl (C=O) groups is 1. The van der Waals surface area contributed by atoms with Crippen molar-refractivity contribution < 1.29 is 4.79 Å². The van der Waals surface area contributed by atoms with E-state index in [-0.39, 0.29) is 0 Å². The monoisotopic (exact) mass is 396 g/mol. The molecule has 0 bridgehead atoms. The molecule has 3 nitrogen and oxygen atoms in total. The van der Waals surface area contributed by atoms with Gasteiger partial charge in [-0.05, 0) is 42.3 Å². The second kappa shape index (κ2) is 6.41. The lowest BCUT2D eigenvalue weighted by Crippen LogP contribution is -2.28. The van der Waals surface area contributed by atoms with Gasteiger partial charge < -0.3 is 11.1 Å². The maximum Gasteiger partial charge on any atom is 0.244 e. The van der Waals surface area contributed by atoms with Crippen molar-refractivity contribution in [2.75, 3.05) is 5.32 Å². The average Bonchev–Trinajstić information content (AvgIpc) is 2.36. The van der Waals surface area contributed by atoms with E-state index in [1.165, 1.54) is 0 Å². The van der Waals surface area contributed by atoms with E-state index in [9.17, 15) is 4.79 Å². The predicted molar refractivity (Wildman–Crippen MR) is 88.6 cm³/mol. The van der Waals surface area contributed by atoms with Crippen LogP contribution >= 0.6 is 31.9 Å². The highest BCUT2D eigenvalue weighted by Gasteiger charge is 2.20. The molecule has 0 aliphatic heterocycles. The average molecular weight is 398 g/mol. The second-order valence-electron chi connectivity index (χ2n) is 4.52. The summed E-state index contributed by atoms with van der Waals surface area (Å²) in [5.74, 6) is -0.422. The van der Waals surface area contributed by atoms with E-state index >= 15 is 0 Å². The van der Waals surface area contributed by atoms with E-state index in [4.69, 9.17) is 5.73 Å². The number of primary amides is 1. The van der Waals surface area contributed by atoms with E-state index in [2.05, 4.69) is 37.2 Å². The van der Waals surface area contributed by atoms with Gasteiger partial charge in [-0.25, -0.2) is 0 Å². The Morgan fingerprint density at radius 2 is 1.95 bits per heavy atom. The number of amides is 1. The summed E-state index contributed by atoms with van der Waals surface area (Å²) in [5.41, 5.74) is 8.30. The normalized spacial score (nSPS) is 11.9. The van der Waals surface area contributed by atoms with Crippen LogP contribution in [0, 0.1) is 6.92 Å². The van der Waals surface area contributed by atoms with Crippen molar-refractivity contribution in [3.8, 4) is 0 Å². The topological polar surface area (TPSA) is 55.1 Å². The van der Waals surface area contributed by atoms with Crippen molar-refractivity contribution in [1.29, 1.82) is 0 Å². The fourth-order valence-electron chi connectivity index (χ4n) is 1.91. The molecule has 5 heteroatoms. The van der Waals surface area contributed by atoms with Crippen LogP contribution in [0.4, 0.5) is 5.69 Å². The highest BCUT2D eigenvalue weighted by molar-refractivity contribution is 9.10. The van der Waals surface area contributed by atoms with Gasteiger partial charge in [-0.15, -0.1) is 0 Å². The van der Waals surface area contributed by atoms with Gasteiger partial charge >= 0.3 is 0 Å². The van der Waals surface area contributed by atoms with E-state index < -0.39 is 11.9 Å². The fourth-order valence-corrected chi connectivity index (χ4v) is 3.03. The minimum absolute atomic E-state index is 0.422. The summed E-state index contributed by atoms with van der Waals surface area (Å²) in [6.07, 6.45) is 0. The molecule has 0 spiro atoms. The molecule has 0 saturated heterocycles.